The first-order valence-electron chi connectivity index (χ1n) is 8.64. The molecule has 1 unspecified atom stereocenters. The van der Waals surface area contributed by atoms with Gasteiger partial charge < -0.3 is 9.64 Å². The summed E-state index contributed by atoms with van der Waals surface area (Å²) in [7, 11) is 0. The fraction of sp³-hybridized carbons (Fsp3) is 0.474. The minimum atomic E-state index is 0.0232. The highest BCUT2D eigenvalue weighted by Crippen LogP contribution is 2.30. The molecule has 5 nitrogen and oxygen atoms in total. The van der Waals surface area contributed by atoms with E-state index in [1.807, 2.05) is 30.0 Å². The Kier molecular flexibility index (Phi) is 3.79. The predicted molar refractivity (Wildman–Crippen MR) is 91.1 cm³/mol. The van der Waals surface area contributed by atoms with Gasteiger partial charge in [0.05, 0.1) is 18.3 Å². The molecule has 5 heteroatoms. The number of nitrogens with zero attached hydrogens (tertiary/aromatic N) is 3. The Morgan fingerprint density at radius 1 is 1.25 bits per heavy atom. The van der Waals surface area contributed by atoms with E-state index >= 15 is 0 Å². The van der Waals surface area contributed by atoms with Crippen LogP contribution in [0, 0.1) is 19.8 Å². The van der Waals surface area contributed by atoms with Crippen molar-refractivity contribution in [3.63, 3.8) is 0 Å². The Labute approximate surface area is 142 Å². The molecule has 3 heterocycles. The number of hydrogen-bond acceptors (Lipinski definition) is 3. The smallest absolute Gasteiger partial charge is 0.226 e. The van der Waals surface area contributed by atoms with Crippen LogP contribution in [0.25, 0.3) is 0 Å². The van der Waals surface area contributed by atoms with E-state index in [4.69, 9.17) is 4.74 Å². The monoisotopic (exact) mass is 325 g/mol. The molecule has 2 aliphatic heterocycles. The summed E-state index contributed by atoms with van der Waals surface area (Å²) >= 11 is 0. The Balaban J connectivity index is 1.41. The Hall–Kier alpha value is -2.30. The van der Waals surface area contributed by atoms with Crippen molar-refractivity contribution in [2.45, 2.75) is 32.7 Å². The normalized spacial score (nSPS) is 20.8. The summed E-state index contributed by atoms with van der Waals surface area (Å²) in [4.78, 5) is 14.8. The van der Waals surface area contributed by atoms with Crippen molar-refractivity contribution in [3.8, 4) is 5.75 Å². The summed E-state index contributed by atoms with van der Waals surface area (Å²) in [5.74, 6) is 1.21. The quantitative estimate of drug-likeness (QED) is 0.852. The van der Waals surface area contributed by atoms with Crippen molar-refractivity contribution >= 4 is 5.91 Å². The van der Waals surface area contributed by atoms with Crippen molar-refractivity contribution in [2.75, 3.05) is 19.7 Å². The molecular formula is C19H23N3O2. The number of rotatable bonds is 2. The number of hydrogen-bond donors (Lipinski definition) is 0. The maximum Gasteiger partial charge on any atom is 0.226 e. The van der Waals surface area contributed by atoms with Gasteiger partial charge in [0.2, 0.25) is 5.91 Å². The van der Waals surface area contributed by atoms with Crippen molar-refractivity contribution in [1.82, 2.24) is 14.7 Å². The number of benzene rings is 1. The lowest BCUT2D eigenvalue weighted by atomic mass is 9.93. The van der Waals surface area contributed by atoms with E-state index < -0.39 is 0 Å². The van der Waals surface area contributed by atoms with Crippen molar-refractivity contribution in [3.05, 3.63) is 47.3 Å². The molecule has 0 spiro atoms. The molecular weight excluding hydrogens is 302 g/mol. The zero-order chi connectivity index (χ0) is 16.7. The van der Waals surface area contributed by atoms with Crippen LogP contribution in [-0.4, -0.2) is 40.3 Å². The molecule has 1 atom stereocenters. The second kappa shape index (κ2) is 5.96. The third-order valence-corrected chi connectivity index (χ3v) is 5.08. The van der Waals surface area contributed by atoms with Gasteiger partial charge in [-0.25, -0.2) is 0 Å². The molecule has 2 aromatic rings. The highest BCUT2D eigenvalue weighted by atomic mass is 16.5. The minimum Gasteiger partial charge on any atom is -0.493 e. The van der Waals surface area contributed by atoms with Crippen molar-refractivity contribution < 1.29 is 9.53 Å². The zero-order valence-electron chi connectivity index (χ0n) is 14.2. The van der Waals surface area contributed by atoms with Crippen LogP contribution in [0.5, 0.6) is 5.75 Å². The van der Waals surface area contributed by atoms with Crippen LogP contribution in [0.15, 0.2) is 30.3 Å². The number of likely N-dealkylation sites (tertiary alicyclic amines) is 1. The Morgan fingerprint density at radius 3 is 2.79 bits per heavy atom. The van der Waals surface area contributed by atoms with Gasteiger partial charge in [-0.2, -0.15) is 5.10 Å². The molecule has 0 aliphatic carbocycles. The number of para-hydroxylation sites is 1. The van der Waals surface area contributed by atoms with Gasteiger partial charge in [-0.1, -0.05) is 18.2 Å². The van der Waals surface area contributed by atoms with Gasteiger partial charge in [0.1, 0.15) is 5.75 Å². The average Bonchev–Trinajstić information content (AvgIpc) is 2.73. The lowest BCUT2D eigenvalue weighted by Gasteiger charge is -2.41. The number of carbonyl (C=O) groups excluding carboxylic acids is 1. The topological polar surface area (TPSA) is 47.4 Å². The summed E-state index contributed by atoms with van der Waals surface area (Å²) in [5, 5.41) is 4.54. The SMILES string of the molecule is Cc1cc(C)n(C2CN(C(=O)C3CCOc4ccccc4C3)C2)n1. The summed E-state index contributed by atoms with van der Waals surface area (Å²) < 4.78 is 7.84. The van der Waals surface area contributed by atoms with Crippen molar-refractivity contribution in [2.24, 2.45) is 5.92 Å². The van der Waals surface area contributed by atoms with E-state index in [2.05, 4.69) is 28.8 Å². The molecule has 0 bridgehead atoms. The van der Waals surface area contributed by atoms with Crippen LogP contribution in [0.2, 0.25) is 0 Å². The van der Waals surface area contributed by atoms with Gasteiger partial charge >= 0.3 is 0 Å². The third-order valence-electron chi connectivity index (χ3n) is 5.08. The molecule has 24 heavy (non-hydrogen) atoms. The van der Waals surface area contributed by atoms with Crippen LogP contribution in [-0.2, 0) is 11.2 Å². The molecule has 0 saturated carbocycles. The molecule has 0 N–H and O–H groups in total. The van der Waals surface area contributed by atoms with E-state index in [0.717, 1.165) is 42.9 Å². The maximum atomic E-state index is 12.9. The van der Waals surface area contributed by atoms with Gasteiger partial charge in [0, 0.05) is 24.7 Å². The molecule has 0 radical (unpaired) electrons. The lowest BCUT2D eigenvalue weighted by molar-refractivity contribution is -0.142. The Bertz CT molecular complexity index is 762. The summed E-state index contributed by atoms with van der Waals surface area (Å²) in [5.41, 5.74) is 3.35. The Morgan fingerprint density at radius 2 is 2.04 bits per heavy atom. The second-order valence-corrected chi connectivity index (χ2v) is 6.91. The number of fused-ring (bicyclic) bond motifs is 1. The van der Waals surface area contributed by atoms with Crippen LogP contribution in [0.4, 0.5) is 0 Å². The van der Waals surface area contributed by atoms with Crippen LogP contribution >= 0.6 is 0 Å². The first-order valence-corrected chi connectivity index (χ1v) is 8.64. The highest BCUT2D eigenvalue weighted by Gasteiger charge is 2.37. The van der Waals surface area contributed by atoms with Gasteiger partial charge in [0.25, 0.3) is 0 Å². The van der Waals surface area contributed by atoms with Gasteiger partial charge in [-0.3, -0.25) is 9.48 Å². The summed E-state index contributed by atoms with van der Waals surface area (Å²) in [6, 6.07) is 10.5. The second-order valence-electron chi connectivity index (χ2n) is 6.91. The fourth-order valence-electron chi connectivity index (χ4n) is 3.77. The molecule has 4 rings (SSSR count). The maximum absolute atomic E-state index is 12.9. The number of amides is 1. The minimum absolute atomic E-state index is 0.0232. The number of aryl methyl sites for hydroxylation is 2. The third kappa shape index (κ3) is 2.68. The fourth-order valence-corrected chi connectivity index (χ4v) is 3.77. The first kappa shape index (κ1) is 15.2. The molecule has 1 aromatic heterocycles. The average molecular weight is 325 g/mol. The summed E-state index contributed by atoms with van der Waals surface area (Å²) in [6.07, 6.45) is 1.56. The van der Waals surface area contributed by atoms with Crippen molar-refractivity contribution in [1.29, 1.82) is 0 Å². The van der Waals surface area contributed by atoms with E-state index in [1.54, 1.807) is 0 Å². The zero-order valence-corrected chi connectivity index (χ0v) is 14.2. The van der Waals surface area contributed by atoms with E-state index in [1.165, 1.54) is 5.69 Å². The molecule has 1 saturated heterocycles. The van der Waals surface area contributed by atoms with Gasteiger partial charge in [-0.15, -0.1) is 0 Å². The van der Waals surface area contributed by atoms with E-state index in [-0.39, 0.29) is 11.8 Å². The molecule has 1 aromatic carbocycles. The van der Waals surface area contributed by atoms with Crippen LogP contribution < -0.4 is 4.74 Å². The first-order chi connectivity index (χ1) is 11.6. The molecule has 2 aliphatic rings. The molecule has 126 valence electrons. The van der Waals surface area contributed by atoms with Crippen LogP contribution in [0.3, 0.4) is 0 Å². The predicted octanol–water partition coefficient (Wildman–Crippen LogP) is 2.52. The number of carbonyl (C=O) groups is 1. The summed E-state index contributed by atoms with van der Waals surface area (Å²) in [6.45, 7) is 6.22. The van der Waals surface area contributed by atoms with E-state index in [9.17, 15) is 4.79 Å². The van der Waals surface area contributed by atoms with Gasteiger partial charge in [0.15, 0.2) is 0 Å². The number of ether oxygens (including phenoxy) is 1. The van der Waals surface area contributed by atoms with Gasteiger partial charge in [-0.05, 0) is 44.4 Å². The standard InChI is InChI=1S/C19H23N3O2/c1-13-9-14(2)22(20-13)17-11-21(12-17)19(23)16-7-8-24-18-6-4-3-5-15(18)10-16/h3-6,9,16-17H,7-8,10-12H2,1-2H3. The molecule has 1 fully saturated rings. The highest BCUT2D eigenvalue weighted by molar-refractivity contribution is 5.80. The lowest BCUT2D eigenvalue weighted by Crippen LogP contribution is -2.53. The number of aromatic nitrogens is 2. The largest absolute Gasteiger partial charge is 0.493 e. The molecule has 1 amide bonds. The van der Waals surface area contributed by atoms with E-state index in [0.29, 0.717) is 12.6 Å². The van der Waals surface area contributed by atoms with Crippen LogP contribution in [0.1, 0.15) is 29.4 Å².